The van der Waals surface area contributed by atoms with E-state index in [0.29, 0.717) is 12.8 Å². The van der Waals surface area contributed by atoms with Crippen molar-refractivity contribution in [2.45, 2.75) is 42.9 Å². The van der Waals surface area contributed by atoms with Gasteiger partial charge in [0.25, 0.3) is 0 Å². The van der Waals surface area contributed by atoms with Crippen LogP contribution in [0, 0.1) is 0 Å². The molecule has 1 atom stereocenters. The van der Waals surface area contributed by atoms with E-state index in [9.17, 15) is 17.7 Å². The lowest BCUT2D eigenvalue weighted by atomic mass is 10.0. The largest absolute Gasteiger partial charge is 0.609 e. The molecule has 1 saturated carbocycles. The highest BCUT2D eigenvalue weighted by atomic mass is 32.2. The summed E-state index contributed by atoms with van der Waals surface area (Å²) in [7, 11) is 0. The molecular weight excluding hydrogens is 189 g/mol. The normalized spacial score (nSPS) is 24.0. The summed E-state index contributed by atoms with van der Waals surface area (Å²) in [5.74, 6) is 0. The molecule has 0 N–H and O–H groups in total. The van der Waals surface area contributed by atoms with Gasteiger partial charge >= 0.3 is 5.51 Å². The Labute approximate surface area is 72.5 Å². The highest BCUT2D eigenvalue weighted by Gasteiger charge is 2.48. The molecule has 1 aliphatic rings. The zero-order valence-corrected chi connectivity index (χ0v) is 7.38. The Kier molecular flexibility index (Phi) is 3.29. The van der Waals surface area contributed by atoms with Gasteiger partial charge in [0.15, 0.2) is 0 Å². The zero-order valence-electron chi connectivity index (χ0n) is 6.56. The van der Waals surface area contributed by atoms with Crippen LogP contribution in [-0.2, 0) is 11.2 Å². The summed E-state index contributed by atoms with van der Waals surface area (Å²) in [5, 5.41) is -0.640. The highest BCUT2D eigenvalue weighted by Crippen LogP contribution is 2.33. The van der Waals surface area contributed by atoms with E-state index in [1.807, 2.05) is 0 Å². The minimum Gasteiger partial charge on any atom is -0.609 e. The molecule has 72 valence electrons. The third-order valence-corrected chi connectivity index (χ3v) is 3.62. The van der Waals surface area contributed by atoms with Gasteiger partial charge in [-0.05, 0) is 25.7 Å². The maximum atomic E-state index is 11.9. The van der Waals surface area contributed by atoms with Crippen molar-refractivity contribution in [2.24, 2.45) is 0 Å². The van der Waals surface area contributed by atoms with Crippen LogP contribution in [0.1, 0.15) is 32.1 Å². The summed E-state index contributed by atoms with van der Waals surface area (Å²) < 4.78 is 46.6. The average molecular weight is 200 g/mol. The van der Waals surface area contributed by atoms with Gasteiger partial charge in [-0.3, -0.25) is 0 Å². The molecule has 0 saturated heterocycles. The Hall–Kier alpha value is 0.100. The third-order valence-electron chi connectivity index (χ3n) is 2.08. The molecule has 0 spiro atoms. The second kappa shape index (κ2) is 3.87. The second-order valence-electron chi connectivity index (χ2n) is 3.00. The Bertz CT molecular complexity index is 142. The molecular formula is C7H11F3OS. The topological polar surface area (TPSA) is 23.1 Å². The predicted molar refractivity (Wildman–Crippen MR) is 41.1 cm³/mol. The monoisotopic (exact) mass is 200 g/mol. The molecule has 1 fully saturated rings. The Morgan fingerprint density at radius 1 is 1.08 bits per heavy atom. The molecule has 0 aromatic heterocycles. The van der Waals surface area contributed by atoms with Gasteiger partial charge in [0.1, 0.15) is 5.25 Å². The second-order valence-corrected chi connectivity index (χ2v) is 4.73. The van der Waals surface area contributed by atoms with Gasteiger partial charge in [0.05, 0.1) is 11.2 Å². The maximum Gasteiger partial charge on any atom is 0.572 e. The number of alkyl halides is 3. The van der Waals surface area contributed by atoms with Gasteiger partial charge in [0, 0.05) is 0 Å². The first-order chi connectivity index (χ1) is 5.52. The van der Waals surface area contributed by atoms with Gasteiger partial charge in [-0.25, -0.2) is 0 Å². The molecule has 1 nitrogen and oxygen atoms in total. The van der Waals surface area contributed by atoms with E-state index in [4.69, 9.17) is 0 Å². The van der Waals surface area contributed by atoms with E-state index in [1.54, 1.807) is 0 Å². The van der Waals surface area contributed by atoms with Crippen LogP contribution in [0.15, 0.2) is 0 Å². The molecule has 1 unspecified atom stereocenters. The predicted octanol–water partition coefficient (Wildman–Crippen LogP) is 2.59. The molecule has 0 bridgehead atoms. The van der Waals surface area contributed by atoms with Crippen molar-refractivity contribution in [3.8, 4) is 0 Å². The molecule has 1 aliphatic carbocycles. The van der Waals surface area contributed by atoms with E-state index in [0.717, 1.165) is 19.3 Å². The summed E-state index contributed by atoms with van der Waals surface area (Å²) in [6.07, 6.45) is 3.47. The minimum atomic E-state index is -4.51. The van der Waals surface area contributed by atoms with Crippen molar-refractivity contribution < 1.29 is 17.7 Å². The fourth-order valence-electron chi connectivity index (χ4n) is 1.47. The van der Waals surface area contributed by atoms with Gasteiger partial charge in [-0.2, -0.15) is 0 Å². The quantitative estimate of drug-likeness (QED) is 0.596. The summed E-state index contributed by atoms with van der Waals surface area (Å²) in [5.41, 5.74) is -4.51. The van der Waals surface area contributed by atoms with Crippen LogP contribution in [0.3, 0.4) is 0 Å². The van der Waals surface area contributed by atoms with Crippen LogP contribution in [0.5, 0.6) is 0 Å². The molecule has 0 radical (unpaired) electrons. The fraction of sp³-hybridized carbons (Fsp3) is 1.00. The Morgan fingerprint density at radius 3 is 2.00 bits per heavy atom. The minimum absolute atomic E-state index is 0.464. The van der Waals surface area contributed by atoms with Crippen molar-refractivity contribution in [1.82, 2.24) is 0 Å². The Morgan fingerprint density at radius 2 is 1.58 bits per heavy atom. The molecule has 0 amide bonds. The van der Waals surface area contributed by atoms with Crippen LogP contribution >= 0.6 is 0 Å². The van der Waals surface area contributed by atoms with Crippen molar-refractivity contribution >= 4 is 11.2 Å². The van der Waals surface area contributed by atoms with E-state index in [-0.39, 0.29) is 0 Å². The van der Waals surface area contributed by atoms with Crippen molar-refractivity contribution in [3.63, 3.8) is 0 Å². The number of hydrogen-bond donors (Lipinski definition) is 0. The lowest BCUT2D eigenvalue weighted by Gasteiger charge is -2.25. The van der Waals surface area contributed by atoms with E-state index in [2.05, 4.69) is 0 Å². The van der Waals surface area contributed by atoms with Crippen LogP contribution in [0.2, 0.25) is 0 Å². The van der Waals surface area contributed by atoms with Crippen molar-refractivity contribution in [3.05, 3.63) is 0 Å². The number of hydrogen-bond acceptors (Lipinski definition) is 1. The van der Waals surface area contributed by atoms with Gasteiger partial charge in [-0.1, -0.05) is 6.42 Å². The van der Waals surface area contributed by atoms with E-state index >= 15 is 0 Å². The smallest absolute Gasteiger partial charge is 0.572 e. The van der Waals surface area contributed by atoms with Crippen LogP contribution in [0.25, 0.3) is 0 Å². The highest BCUT2D eigenvalue weighted by molar-refractivity contribution is 7.92. The fourth-order valence-corrected chi connectivity index (χ4v) is 2.61. The molecule has 12 heavy (non-hydrogen) atoms. The molecule has 5 heteroatoms. The van der Waals surface area contributed by atoms with Gasteiger partial charge in [-0.15, -0.1) is 13.2 Å². The van der Waals surface area contributed by atoms with Crippen LogP contribution < -0.4 is 0 Å². The summed E-state index contributed by atoms with van der Waals surface area (Å²) in [6.45, 7) is 0. The first-order valence-electron chi connectivity index (χ1n) is 3.99. The van der Waals surface area contributed by atoms with E-state index in [1.165, 1.54) is 0 Å². The Balaban J connectivity index is 2.45. The van der Waals surface area contributed by atoms with Crippen LogP contribution in [0.4, 0.5) is 13.2 Å². The first kappa shape index (κ1) is 10.2. The standard InChI is InChI=1S/C7H11F3OS/c8-7(9,10)12(11)6-4-2-1-3-5-6/h6H,1-5H2. The summed E-state index contributed by atoms with van der Waals surface area (Å²) >= 11 is -2.62. The number of halogens is 3. The molecule has 1 rings (SSSR count). The molecule has 0 aliphatic heterocycles. The average Bonchev–Trinajstić information content (AvgIpc) is 2.03. The van der Waals surface area contributed by atoms with Crippen molar-refractivity contribution in [2.75, 3.05) is 0 Å². The first-order valence-corrected chi connectivity index (χ1v) is 5.20. The third kappa shape index (κ3) is 2.55. The molecule has 0 heterocycles. The van der Waals surface area contributed by atoms with Gasteiger partial charge in [0.2, 0.25) is 0 Å². The molecule has 0 aromatic rings. The lowest BCUT2D eigenvalue weighted by molar-refractivity contribution is -0.0447. The van der Waals surface area contributed by atoms with Gasteiger partial charge < -0.3 is 4.55 Å². The number of rotatable bonds is 1. The zero-order chi connectivity index (χ0) is 9.19. The lowest BCUT2D eigenvalue weighted by Crippen LogP contribution is -2.35. The van der Waals surface area contributed by atoms with Crippen LogP contribution in [-0.4, -0.2) is 15.3 Å². The summed E-state index contributed by atoms with van der Waals surface area (Å²) in [6, 6.07) is 0. The van der Waals surface area contributed by atoms with E-state index < -0.39 is 21.9 Å². The molecule has 0 aromatic carbocycles. The van der Waals surface area contributed by atoms with Crippen molar-refractivity contribution in [1.29, 1.82) is 0 Å². The maximum absolute atomic E-state index is 11.9. The summed E-state index contributed by atoms with van der Waals surface area (Å²) in [4.78, 5) is 0. The SMILES string of the molecule is [O-][S+](C1CCCCC1)C(F)(F)F.